The molecule has 4 aromatic rings. The SMILES string of the molecule is O=C(c1cnn2c(C(F)(F)F)cc(-c3ccc(Br)cc3)nc12)N1CC[NH+](Cc2ccccc2)CC1. The molecule has 0 atom stereocenters. The van der Waals surface area contributed by atoms with Crippen LogP contribution in [0.4, 0.5) is 13.2 Å². The highest BCUT2D eigenvalue weighted by atomic mass is 79.9. The van der Waals surface area contributed by atoms with Gasteiger partial charge in [-0.3, -0.25) is 4.79 Å². The van der Waals surface area contributed by atoms with E-state index in [0.717, 1.165) is 30.2 Å². The zero-order valence-electron chi connectivity index (χ0n) is 18.6. The molecule has 180 valence electrons. The van der Waals surface area contributed by atoms with Crippen LogP contribution in [0.2, 0.25) is 0 Å². The van der Waals surface area contributed by atoms with E-state index in [1.54, 1.807) is 29.2 Å². The summed E-state index contributed by atoms with van der Waals surface area (Å²) in [5.41, 5.74) is 0.872. The highest BCUT2D eigenvalue weighted by Gasteiger charge is 2.36. The smallest absolute Gasteiger partial charge is 0.328 e. The van der Waals surface area contributed by atoms with E-state index >= 15 is 0 Å². The van der Waals surface area contributed by atoms with Gasteiger partial charge in [-0.2, -0.15) is 18.3 Å². The van der Waals surface area contributed by atoms with E-state index < -0.39 is 11.9 Å². The van der Waals surface area contributed by atoms with Gasteiger partial charge in [-0.1, -0.05) is 58.4 Å². The summed E-state index contributed by atoms with van der Waals surface area (Å²) in [6.45, 7) is 3.40. The van der Waals surface area contributed by atoms with Gasteiger partial charge in [0.1, 0.15) is 12.1 Å². The molecule has 2 aromatic heterocycles. The monoisotopic (exact) mass is 544 g/mol. The first-order valence-electron chi connectivity index (χ1n) is 11.2. The summed E-state index contributed by atoms with van der Waals surface area (Å²) in [4.78, 5) is 20.8. The Morgan fingerprint density at radius 2 is 1.71 bits per heavy atom. The molecule has 35 heavy (non-hydrogen) atoms. The summed E-state index contributed by atoms with van der Waals surface area (Å²) in [7, 11) is 0. The normalized spacial score (nSPS) is 15.0. The number of nitrogens with zero attached hydrogens (tertiary/aromatic N) is 4. The molecule has 5 rings (SSSR count). The number of carbonyl (C=O) groups is 1. The zero-order valence-corrected chi connectivity index (χ0v) is 20.2. The highest BCUT2D eigenvalue weighted by molar-refractivity contribution is 9.10. The Labute approximate surface area is 208 Å². The second kappa shape index (κ2) is 9.43. The minimum atomic E-state index is -4.66. The molecular weight excluding hydrogens is 523 g/mol. The first kappa shape index (κ1) is 23.5. The van der Waals surface area contributed by atoms with Crippen LogP contribution in [0.15, 0.2) is 71.3 Å². The summed E-state index contributed by atoms with van der Waals surface area (Å²) in [5.74, 6) is -0.354. The Hall–Kier alpha value is -3.24. The van der Waals surface area contributed by atoms with E-state index in [2.05, 4.69) is 38.1 Å². The number of benzene rings is 2. The Morgan fingerprint density at radius 3 is 2.37 bits per heavy atom. The van der Waals surface area contributed by atoms with Crippen LogP contribution in [-0.2, 0) is 12.7 Å². The predicted octanol–water partition coefficient (Wildman–Crippen LogP) is 3.72. The van der Waals surface area contributed by atoms with E-state index in [4.69, 9.17) is 0 Å². The maximum Gasteiger partial charge on any atom is 0.433 e. The van der Waals surface area contributed by atoms with Crippen molar-refractivity contribution in [3.05, 3.63) is 88.2 Å². The molecule has 1 amide bonds. The second-order valence-corrected chi connectivity index (χ2v) is 9.45. The maximum absolute atomic E-state index is 13.9. The Morgan fingerprint density at radius 1 is 1.03 bits per heavy atom. The number of halogens is 4. The average Bonchev–Trinajstić information content (AvgIpc) is 3.28. The van der Waals surface area contributed by atoms with Gasteiger partial charge < -0.3 is 9.80 Å². The fraction of sp³-hybridized carbons (Fsp3) is 0.240. The molecule has 0 spiro atoms. The third-order valence-corrected chi connectivity index (χ3v) is 6.72. The van der Waals surface area contributed by atoms with Crippen LogP contribution in [0.5, 0.6) is 0 Å². The van der Waals surface area contributed by atoms with Gasteiger partial charge >= 0.3 is 6.18 Å². The van der Waals surface area contributed by atoms with Crippen molar-refractivity contribution in [2.75, 3.05) is 26.2 Å². The molecule has 1 aliphatic rings. The topological polar surface area (TPSA) is 54.9 Å². The number of amides is 1. The first-order chi connectivity index (χ1) is 16.8. The van der Waals surface area contributed by atoms with Gasteiger partial charge in [-0.15, -0.1) is 0 Å². The van der Waals surface area contributed by atoms with E-state index in [-0.39, 0.29) is 22.8 Å². The summed E-state index contributed by atoms with van der Waals surface area (Å²) in [6, 6.07) is 17.9. The van der Waals surface area contributed by atoms with Gasteiger partial charge in [0.25, 0.3) is 5.91 Å². The minimum Gasteiger partial charge on any atom is -0.328 e. The number of piperazine rings is 1. The van der Waals surface area contributed by atoms with Gasteiger partial charge in [0.05, 0.1) is 38.1 Å². The van der Waals surface area contributed by atoms with E-state index in [0.29, 0.717) is 23.2 Å². The molecule has 0 saturated carbocycles. The van der Waals surface area contributed by atoms with Gasteiger partial charge in [0, 0.05) is 15.6 Å². The molecule has 1 aliphatic heterocycles. The number of rotatable bonds is 4. The standard InChI is InChI=1S/C25H21BrF3N5O/c26-19-8-6-18(7-9-19)21-14-22(25(27,28)29)34-23(31-21)20(15-30-34)24(35)33-12-10-32(11-13-33)16-17-4-2-1-3-5-17/h1-9,14-15H,10-13,16H2/p+1. The van der Waals surface area contributed by atoms with E-state index in [9.17, 15) is 18.0 Å². The number of alkyl halides is 3. The molecule has 10 heteroatoms. The largest absolute Gasteiger partial charge is 0.433 e. The number of nitrogens with one attached hydrogen (secondary N) is 1. The van der Waals surface area contributed by atoms with Crippen molar-refractivity contribution < 1.29 is 22.9 Å². The molecule has 1 saturated heterocycles. The van der Waals surface area contributed by atoms with Crippen LogP contribution in [0.25, 0.3) is 16.9 Å². The van der Waals surface area contributed by atoms with Crippen molar-refractivity contribution >= 4 is 27.5 Å². The van der Waals surface area contributed by atoms with Crippen LogP contribution < -0.4 is 4.90 Å². The van der Waals surface area contributed by atoms with E-state index in [1.165, 1.54) is 16.7 Å². The number of hydrogen-bond donors (Lipinski definition) is 1. The third-order valence-electron chi connectivity index (χ3n) is 6.19. The van der Waals surface area contributed by atoms with Crippen LogP contribution >= 0.6 is 15.9 Å². The number of quaternary nitrogens is 1. The second-order valence-electron chi connectivity index (χ2n) is 8.53. The van der Waals surface area contributed by atoms with Crippen molar-refractivity contribution in [3.8, 4) is 11.3 Å². The average molecular weight is 545 g/mol. The molecule has 0 bridgehead atoms. The molecule has 2 aromatic carbocycles. The minimum absolute atomic E-state index is 0.0703. The molecule has 3 heterocycles. The summed E-state index contributed by atoms with van der Waals surface area (Å²) < 4.78 is 43.1. The predicted molar refractivity (Wildman–Crippen MR) is 128 cm³/mol. The molecule has 0 radical (unpaired) electrons. The van der Waals surface area contributed by atoms with Crippen molar-refractivity contribution in [2.45, 2.75) is 12.7 Å². The zero-order chi connectivity index (χ0) is 24.6. The quantitative estimate of drug-likeness (QED) is 0.426. The Bertz CT molecular complexity index is 1350. The lowest BCUT2D eigenvalue weighted by Crippen LogP contribution is -3.13. The Kier molecular flexibility index (Phi) is 6.33. The highest BCUT2D eigenvalue weighted by Crippen LogP contribution is 2.33. The first-order valence-corrected chi connectivity index (χ1v) is 12.0. The maximum atomic E-state index is 13.9. The van der Waals surface area contributed by atoms with Crippen LogP contribution in [-0.4, -0.2) is 51.6 Å². The van der Waals surface area contributed by atoms with Gasteiger partial charge in [-0.25, -0.2) is 9.50 Å². The van der Waals surface area contributed by atoms with Gasteiger partial charge in [0.15, 0.2) is 11.3 Å². The lowest BCUT2D eigenvalue weighted by atomic mass is 10.1. The molecule has 0 unspecified atom stereocenters. The van der Waals surface area contributed by atoms with Crippen LogP contribution in [0, 0.1) is 0 Å². The van der Waals surface area contributed by atoms with Crippen molar-refractivity contribution in [1.82, 2.24) is 19.5 Å². The number of aromatic nitrogens is 3. The van der Waals surface area contributed by atoms with Crippen LogP contribution in [0.1, 0.15) is 21.6 Å². The number of carbonyl (C=O) groups excluding carboxylic acids is 1. The molecular formula is C25H22BrF3N5O+. The lowest BCUT2D eigenvalue weighted by Gasteiger charge is -2.32. The Balaban J connectivity index is 1.42. The van der Waals surface area contributed by atoms with E-state index in [1.807, 2.05) is 18.2 Å². The lowest BCUT2D eigenvalue weighted by molar-refractivity contribution is -0.917. The van der Waals surface area contributed by atoms with Crippen molar-refractivity contribution in [3.63, 3.8) is 0 Å². The number of hydrogen-bond acceptors (Lipinski definition) is 3. The summed E-state index contributed by atoms with van der Waals surface area (Å²) in [6.07, 6.45) is -3.47. The molecule has 0 aliphatic carbocycles. The summed E-state index contributed by atoms with van der Waals surface area (Å²) in [5, 5.41) is 3.89. The molecule has 1 fully saturated rings. The fourth-order valence-corrected chi connectivity index (χ4v) is 4.61. The third kappa shape index (κ3) is 4.94. The van der Waals surface area contributed by atoms with Gasteiger partial charge in [-0.05, 0) is 18.2 Å². The molecule has 6 nitrogen and oxygen atoms in total. The molecule has 1 N–H and O–H groups in total. The van der Waals surface area contributed by atoms with Crippen molar-refractivity contribution in [1.29, 1.82) is 0 Å². The van der Waals surface area contributed by atoms with Gasteiger partial charge in [0.2, 0.25) is 0 Å². The fourth-order valence-electron chi connectivity index (χ4n) is 4.34. The van der Waals surface area contributed by atoms with Crippen LogP contribution in [0.3, 0.4) is 0 Å². The van der Waals surface area contributed by atoms with Crippen molar-refractivity contribution in [2.24, 2.45) is 0 Å². The summed E-state index contributed by atoms with van der Waals surface area (Å²) >= 11 is 3.33. The number of fused-ring (bicyclic) bond motifs is 1.